The maximum absolute atomic E-state index is 4.94. The molecule has 4 heteroatoms. The first-order valence-electron chi connectivity index (χ1n) is 11.5. The molecule has 0 fully saturated rings. The molecule has 2 aliphatic rings. The van der Waals surface area contributed by atoms with Crippen molar-refractivity contribution in [2.24, 2.45) is 10.9 Å². The van der Waals surface area contributed by atoms with Crippen LogP contribution in [0.4, 0.5) is 0 Å². The minimum absolute atomic E-state index is 0.406. The molecule has 3 nitrogen and oxygen atoms in total. The zero-order chi connectivity index (χ0) is 22.0. The van der Waals surface area contributed by atoms with Gasteiger partial charge in [-0.25, -0.2) is 4.98 Å². The van der Waals surface area contributed by atoms with E-state index in [1.807, 2.05) is 17.5 Å². The molecule has 3 heterocycles. The van der Waals surface area contributed by atoms with Gasteiger partial charge in [-0.05, 0) is 51.3 Å². The van der Waals surface area contributed by atoms with Gasteiger partial charge in [-0.3, -0.25) is 4.99 Å². The van der Waals surface area contributed by atoms with E-state index in [1.54, 1.807) is 0 Å². The van der Waals surface area contributed by atoms with E-state index in [0.29, 0.717) is 11.8 Å². The van der Waals surface area contributed by atoms with E-state index < -0.39 is 0 Å². The first-order valence-corrected chi connectivity index (χ1v) is 12.3. The number of rotatable bonds is 4. The fraction of sp³-hybridized carbons (Fsp3) is 0.286. The fourth-order valence-corrected chi connectivity index (χ4v) is 5.85. The molecule has 1 aliphatic carbocycles. The van der Waals surface area contributed by atoms with Gasteiger partial charge in [0.25, 0.3) is 0 Å². The van der Waals surface area contributed by atoms with Crippen molar-refractivity contribution >= 4 is 32.7 Å². The van der Waals surface area contributed by atoms with E-state index >= 15 is 0 Å². The highest BCUT2D eigenvalue weighted by Crippen LogP contribution is 2.43. The summed E-state index contributed by atoms with van der Waals surface area (Å²) < 4.78 is 1.31. The van der Waals surface area contributed by atoms with Crippen LogP contribution in [0.15, 0.2) is 59.4 Å². The molecule has 0 amide bonds. The predicted octanol–water partition coefficient (Wildman–Crippen LogP) is 7.85. The lowest BCUT2D eigenvalue weighted by atomic mass is 9.94. The number of hydrogen-bond acceptors (Lipinski definition) is 3. The number of thiophene rings is 1. The molecule has 2 aromatic heterocycles. The van der Waals surface area contributed by atoms with Gasteiger partial charge < -0.3 is 4.98 Å². The number of nitrogens with zero attached hydrogens (tertiary/aromatic N) is 2. The molecule has 32 heavy (non-hydrogen) atoms. The van der Waals surface area contributed by atoms with Crippen molar-refractivity contribution < 1.29 is 0 Å². The average molecular weight is 438 g/mol. The highest BCUT2D eigenvalue weighted by Gasteiger charge is 2.28. The number of hydrogen-bond donors (Lipinski definition) is 1. The summed E-state index contributed by atoms with van der Waals surface area (Å²) in [5, 5.41) is 1.28. The summed E-state index contributed by atoms with van der Waals surface area (Å²) in [5.74, 6) is 1.98. The Hall–Kier alpha value is -2.98. The largest absolute Gasteiger partial charge is 0.341 e. The first-order chi connectivity index (χ1) is 15.5. The Balaban J connectivity index is 1.30. The standard InChI is InChI=1S/C28H27N3S/c1-15(2)23-13-22-21-8-7-17(9-20(21)10-24(22)30-23)18-5-6-19-12-27(32-26(19)11-18)25-14-29-28(31-25)16(3)4/h5-9,11-12,14-16H,10,13H2,1-4H3,(H,29,31). The number of aliphatic imine (C=N–C) groups is 1. The molecule has 1 N–H and O–H groups in total. The normalized spacial score (nSPS) is 15.2. The van der Waals surface area contributed by atoms with Crippen LogP contribution in [0.2, 0.25) is 0 Å². The SMILES string of the molecule is CC(C)C1=NC2=C(C1)c1ccc(-c3ccc4cc(-c5cnc(C(C)C)[nH]5)sc4c3)cc1C2. The highest BCUT2D eigenvalue weighted by molar-refractivity contribution is 7.22. The third-order valence-corrected chi connectivity index (χ3v) is 7.83. The second-order valence-electron chi connectivity index (χ2n) is 9.61. The fourth-order valence-electron chi connectivity index (χ4n) is 4.79. The molecule has 0 radical (unpaired) electrons. The van der Waals surface area contributed by atoms with Crippen LogP contribution in [0.3, 0.4) is 0 Å². The van der Waals surface area contributed by atoms with Gasteiger partial charge in [0.15, 0.2) is 0 Å². The minimum Gasteiger partial charge on any atom is -0.341 e. The van der Waals surface area contributed by atoms with E-state index in [2.05, 4.69) is 80.1 Å². The summed E-state index contributed by atoms with van der Waals surface area (Å²) in [7, 11) is 0. The highest BCUT2D eigenvalue weighted by atomic mass is 32.1. The summed E-state index contributed by atoms with van der Waals surface area (Å²) in [6.07, 6.45) is 3.95. The van der Waals surface area contributed by atoms with Crippen LogP contribution < -0.4 is 0 Å². The Morgan fingerprint density at radius 3 is 2.50 bits per heavy atom. The van der Waals surface area contributed by atoms with E-state index in [1.165, 1.54) is 54.2 Å². The van der Waals surface area contributed by atoms with E-state index in [0.717, 1.165) is 24.4 Å². The van der Waals surface area contributed by atoms with E-state index in [-0.39, 0.29) is 0 Å². The topological polar surface area (TPSA) is 41.0 Å². The summed E-state index contributed by atoms with van der Waals surface area (Å²) in [6.45, 7) is 8.81. The van der Waals surface area contributed by atoms with Gasteiger partial charge in [-0.1, -0.05) is 58.0 Å². The van der Waals surface area contributed by atoms with Crippen LogP contribution in [0.25, 0.3) is 37.4 Å². The Morgan fingerprint density at radius 1 is 0.906 bits per heavy atom. The monoisotopic (exact) mass is 437 g/mol. The third kappa shape index (κ3) is 3.17. The van der Waals surface area contributed by atoms with Gasteiger partial charge in [0.2, 0.25) is 0 Å². The van der Waals surface area contributed by atoms with Crippen LogP contribution in [-0.4, -0.2) is 15.7 Å². The summed E-state index contributed by atoms with van der Waals surface area (Å²) in [6, 6.07) is 16.1. The van der Waals surface area contributed by atoms with Crippen molar-refractivity contribution in [1.29, 1.82) is 0 Å². The summed E-state index contributed by atoms with van der Waals surface area (Å²) >= 11 is 1.83. The third-order valence-electron chi connectivity index (χ3n) is 6.70. The second-order valence-corrected chi connectivity index (χ2v) is 10.7. The summed E-state index contributed by atoms with van der Waals surface area (Å²) in [5.41, 5.74) is 10.6. The molecule has 0 spiro atoms. The van der Waals surface area contributed by atoms with Crippen LogP contribution in [0.5, 0.6) is 0 Å². The van der Waals surface area contributed by atoms with Crippen molar-refractivity contribution in [2.75, 3.05) is 0 Å². The Kier molecular flexibility index (Phi) is 4.48. The van der Waals surface area contributed by atoms with Crippen molar-refractivity contribution in [1.82, 2.24) is 9.97 Å². The Bertz CT molecular complexity index is 1430. The molecule has 160 valence electrons. The zero-order valence-corrected chi connectivity index (χ0v) is 19.8. The van der Waals surface area contributed by atoms with Crippen molar-refractivity contribution in [2.45, 2.75) is 46.5 Å². The molecule has 4 aromatic rings. The molecule has 6 rings (SSSR count). The lowest BCUT2D eigenvalue weighted by molar-refractivity contribution is 0.795. The number of allylic oxidation sites excluding steroid dienone is 2. The number of fused-ring (bicyclic) bond motifs is 3. The Labute approximate surface area is 193 Å². The molecule has 0 unspecified atom stereocenters. The molecule has 0 atom stereocenters. The van der Waals surface area contributed by atoms with Gasteiger partial charge in [0.05, 0.1) is 16.8 Å². The molecule has 0 bridgehead atoms. The number of benzene rings is 2. The van der Waals surface area contributed by atoms with Gasteiger partial charge in [0.1, 0.15) is 5.82 Å². The lowest BCUT2D eigenvalue weighted by Gasteiger charge is -2.10. The molecule has 1 aliphatic heterocycles. The van der Waals surface area contributed by atoms with Crippen LogP contribution in [0, 0.1) is 5.92 Å². The van der Waals surface area contributed by atoms with E-state index in [4.69, 9.17) is 4.99 Å². The zero-order valence-electron chi connectivity index (χ0n) is 19.0. The average Bonchev–Trinajstić information content (AvgIpc) is 3.53. The molecule has 0 saturated carbocycles. The van der Waals surface area contributed by atoms with Crippen LogP contribution in [0.1, 0.15) is 57.0 Å². The van der Waals surface area contributed by atoms with Crippen LogP contribution >= 0.6 is 11.3 Å². The van der Waals surface area contributed by atoms with Crippen molar-refractivity contribution in [3.63, 3.8) is 0 Å². The van der Waals surface area contributed by atoms with Gasteiger partial charge in [-0.2, -0.15) is 0 Å². The maximum atomic E-state index is 4.94. The number of nitrogens with one attached hydrogen (secondary N) is 1. The molecular weight excluding hydrogens is 410 g/mol. The molecule has 0 saturated heterocycles. The minimum atomic E-state index is 0.406. The molecule has 2 aromatic carbocycles. The number of H-pyrrole nitrogens is 1. The second kappa shape index (κ2) is 7.28. The quantitative estimate of drug-likeness (QED) is 0.347. The van der Waals surface area contributed by atoms with Gasteiger partial charge in [-0.15, -0.1) is 11.3 Å². The number of imidazole rings is 1. The lowest BCUT2D eigenvalue weighted by Crippen LogP contribution is -2.05. The van der Waals surface area contributed by atoms with Crippen molar-refractivity contribution in [3.8, 4) is 21.7 Å². The van der Waals surface area contributed by atoms with Crippen LogP contribution in [-0.2, 0) is 6.42 Å². The Morgan fingerprint density at radius 2 is 1.72 bits per heavy atom. The smallest absolute Gasteiger partial charge is 0.109 e. The number of aromatic nitrogens is 2. The summed E-state index contributed by atoms with van der Waals surface area (Å²) in [4.78, 5) is 14.2. The van der Waals surface area contributed by atoms with E-state index in [9.17, 15) is 0 Å². The predicted molar refractivity (Wildman–Crippen MR) is 136 cm³/mol. The van der Waals surface area contributed by atoms with Gasteiger partial charge in [0, 0.05) is 34.9 Å². The van der Waals surface area contributed by atoms with Gasteiger partial charge >= 0.3 is 0 Å². The number of aromatic amines is 1. The maximum Gasteiger partial charge on any atom is 0.109 e. The van der Waals surface area contributed by atoms with Crippen molar-refractivity contribution in [3.05, 3.63) is 71.3 Å². The molecular formula is C28H27N3S. The first kappa shape index (κ1) is 19.7.